The fourth-order valence-electron chi connectivity index (χ4n) is 3.87. The van der Waals surface area contributed by atoms with Crippen LogP contribution in [0.5, 0.6) is 0 Å². The molecule has 5 nitrogen and oxygen atoms in total. The van der Waals surface area contributed by atoms with E-state index in [0.29, 0.717) is 17.4 Å². The maximum Gasteiger partial charge on any atom is 0.337 e. The number of carboxylic acid groups (broad SMARTS) is 1. The standard InChI is InChI=1S/C19H28N2O3S/c1-25-11-17(20)19(24,18(22)23)10-16-15-9-13(5-4-12-2-3-12)8-14(15)6-7-21-16/h6-7,12-13,17,24H,2-5,8-11,20H2,1H3,(H,22,23)/t13-,17+,19?/m1/s1. The van der Waals surface area contributed by atoms with E-state index in [-0.39, 0.29) is 6.42 Å². The average molecular weight is 365 g/mol. The molecule has 6 heteroatoms. The highest BCUT2D eigenvalue weighted by molar-refractivity contribution is 7.98. The smallest absolute Gasteiger partial charge is 0.337 e. The summed E-state index contributed by atoms with van der Waals surface area (Å²) in [6.45, 7) is 0. The number of aliphatic hydroxyl groups is 1. The summed E-state index contributed by atoms with van der Waals surface area (Å²) in [5.41, 5.74) is 7.12. The van der Waals surface area contributed by atoms with Gasteiger partial charge in [0.15, 0.2) is 5.60 Å². The fraction of sp³-hybridized carbons (Fsp3) is 0.684. The Labute approximate surface area is 153 Å². The van der Waals surface area contributed by atoms with Crippen LogP contribution in [0.2, 0.25) is 0 Å². The van der Waals surface area contributed by atoms with Crippen LogP contribution >= 0.6 is 11.8 Å². The number of thioether (sulfide) groups is 1. The van der Waals surface area contributed by atoms with Crippen molar-refractivity contribution < 1.29 is 15.0 Å². The largest absolute Gasteiger partial charge is 0.479 e. The predicted octanol–water partition coefficient (Wildman–Crippen LogP) is 2.04. The third-order valence-electron chi connectivity index (χ3n) is 5.69. The van der Waals surface area contributed by atoms with E-state index in [2.05, 4.69) is 4.98 Å². The van der Waals surface area contributed by atoms with Crippen molar-refractivity contribution in [2.24, 2.45) is 17.6 Å². The molecular formula is C19H28N2O3S. The van der Waals surface area contributed by atoms with E-state index in [9.17, 15) is 15.0 Å². The Bertz CT molecular complexity index is 635. The number of aliphatic carboxylic acids is 1. The Morgan fingerprint density at radius 2 is 2.12 bits per heavy atom. The minimum atomic E-state index is -1.97. The summed E-state index contributed by atoms with van der Waals surface area (Å²) in [5.74, 6) is 0.679. The number of rotatable bonds is 9. The first-order chi connectivity index (χ1) is 11.9. The topological polar surface area (TPSA) is 96.4 Å². The molecule has 1 fully saturated rings. The highest BCUT2D eigenvalue weighted by Gasteiger charge is 2.43. The van der Waals surface area contributed by atoms with Gasteiger partial charge in [0.25, 0.3) is 0 Å². The molecule has 138 valence electrons. The van der Waals surface area contributed by atoms with Crippen molar-refractivity contribution in [1.29, 1.82) is 0 Å². The van der Waals surface area contributed by atoms with Crippen LogP contribution in [-0.4, -0.2) is 44.8 Å². The third-order valence-corrected chi connectivity index (χ3v) is 6.38. The van der Waals surface area contributed by atoms with Crippen LogP contribution in [0.4, 0.5) is 0 Å². The summed E-state index contributed by atoms with van der Waals surface area (Å²) in [7, 11) is 0. The van der Waals surface area contributed by atoms with Gasteiger partial charge in [-0.3, -0.25) is 4.98 Å². The monoisotopic (exact) mass is 364 g/mol. The Morgan fingerprint density at radius 1 is 1.40 bits per heavy atom. The summed E-state index contributed by atoms with van der Waals surface area (Å²) >= 11 is 1.44. The van der Waals surface area contributed by atoms with E-state index in [1.54, 1.807) is 6.20 Å². The van der Waals surface area contributed by atoms with Crippen molar-refractivity contribution in [3.63, 3.8) is 0 Å². The molecule has 25 heavy (non-hydrogen) atoms. The first-order valence-corrected chi connectivity index (χ1v) is 10.5. The van der Waals surface area contributed by atoms with Crippen molar-refractivity contribution in [3.05, 3.63) is 29.1 Å². The van der Waals surface area contributed by atoms with Crippen LogP contribution in [0.25, 0.3) is 0 Å². The molecule has 1 saturated carbocycles. The highest BCUT2D eigenvalue weighted by Crippen LogP contribution is 2.38. The molecule has 0 aliphatic heterocycles. The molecule has 1 unspecified atom stereocenters. The first-order valence-electron chi connectivity index (χ1n) is 9.10. The maximum atomic E-state index is 11.7. The van der Waals surface area contributed by atoms with Gasteiger partial charge in [0.05, 0.1) is 6.04 Å². The first kappa shape index (κ1) is 18.7. The van der Waals surface area contributed by atoms with Gasteiger partial charge in [0.2, 0.25) is 0 Å². The fourth-order valence-corrected chi connectivity index (χ4v) is 4.50. The maximum absolute atomic E-state index is 11.7. The highest BCUT2D eigenvalue weighted by atomic mass is 32.2. The lowest BCUT2D eigenvalue weighted by Gasteiger charge is -2.29. The van der Waals surface area contributed by atoms with Gasteiger partial charge in [-0.25, -0.2) is 4.79 Å². The lowest BCUT2D eigenvalue weighted by molar-refractivity contribution is -0.160. The number of carbonyl (C=O) groups is 1. The molecule has 0 spiro atoms. The van der Waals surface area contributed by atoms with Crippen LogP contribution in [-0.2, 0) is 24.1 Å². The molecule has 4 N–H and O–H groups in total. The SMILES string of the molecule is CSC[C@H](N)C(O)(Cc1nccc2c1C[C@H](CCC1CC1)C2)C(=O)O. The number of nitrogens with zero attached hydrogens (tertiary/aromatic N) is 1. The second-order valence-electron chi connectivity index (χ2n) is 7.66. The number of hydrogen-bond acceptors (Lipinski definition) is 5. The third kappa shape index (κ3) is 4.18. The van der Waals surface area contributed by atoms with Gasteiger partial charge in [-0.05, 0) is 54.5 Å². The molecule has 0 aromatic carbocycles. The molecular weight excluding hydrogens is 336 g/mol. The normalized spacial score (nSPS) is 23.1. The quantitative estimate of drug-likeness (QED) is 0.620. The molecule has 1 heterocycles. The number of aromatic nitrogens is 1. The molecule has 1 aromatic rings. The minimum absolute atomic E-state index is 0.0252. The molecule has 0 radical (unpaired) electrons. The molecule has 1 aromatic heterocycles. The number of hydrogen-bond donors (Lipinski definition) is 3. The summed E-state index contributed by atoms with van der Waals surface area (Å²) in [4.78, 5) is 16.1. The van der Waals surface area contributed by atoms with Gasteiger partial charge < -0.3 is 15.9 Å². The van der Waals surface area contributed by atoms with Crippen LogP contribution in [0.15, 0.2) is 12.3 Å². The van der Waals surface area contributed by atoms with Crippen molar-refractivity contribution >= 4 is 17.7 Å². The minimum Gasteiger partial charge on any atom is -0.479 e. The van der Waals surface area contributed by atoms with Crippen molar-refractivity contribution in [3.8, 4) is 0 Å². The van der Waals surface area contributed by atoms with Crippen LogP contribution in [0.1, 0.15) is 42.5 Å². The molecule has 0 saturated heterocycles. The lowest BCUT2D eigenvalue weighted by atomic mass is 9.88. The number of pyridine rings is 1. The predicted molar refractivity (Wildman–Crippen MR) is 99.7 cm³/mol. The summed E-state index contributed by atoms with van der Waals surface area (Å²) in [6, 6.07) is 1.21. The lowest BCUT2D eigenvalue weighted by Crippen LogP contribution is -2.57. The van der Waals surface area contributed by atoms with E-state index in [0.717, 1.165) is 24.3 Å². The van der Waals surface area contributed by atoms with Gasteiger partial charge in [-0.15, -0.1) is 0 Å². The van der Waals surface area contributed by atoms with E-state index < -0.39 is 17.6 Å². The van der Waals surface area contributed by atoms with Crippen molar-refractivity contribution in [2.75, 3.05) is 12.0 Å². The van der Waals surface area contributed by atoms with Crippen LogP contribution in [0, 0.1) is 11.8 Å². The van der Waals surface area contributed by atoms with Crippen LogP contribution < -0.4 is 5.73 Å². The molecule has 3 rings (SSSR count). The average Bonchev–Trinajstić information content (AvgIpc) is 3.31. The van der Waals surface area contributed by atoms with Crippen LogP contribution in [0.3, 0.4) is 0 Å². The zero-order valence-electron chi connectivity index (χ0n) is 14.8. The zero-order valence-corrected chi connectivity index (χ0v) is 15.6. The van der Waals surface area contributed by atoms with Crippen molar-refractivity contribution in [2.45, 2.75) is 56.6 Å². The Morgan fingerprint density at radius 3 is 2.76 bits per heavy atom. The van der Waals surface area contributed by atoms with Gasteiger partial charge in [0.1, 0.15) is 0 Å². The Balaban J connectivity index is 1.75. The molecule has 2 aliphatic carbocycles. The molecule has 0 bridgehead atoms. The zero-order chi connectivity index (χ0) is 18.0. The Hall–Kier alpha value is -1.11. The summed E-state index contributed by atoms with van der Waals surface area (Å²) in [6.07, 6.45) is 10.8. The second-order valence-corrected chi connectivity index (χ2v) is 8.57. The number of nitrogens with two attached hydrogens (primary N) is 1. The second kappa shape index (κ2) is 7.64. The number of fused-ring (bicyclic) bond motifs is 1. The van der Waals surface area contributed by atoms with Gasteiger partial charge in [-0.1, -0.05) is 19.3 Å². The van der Waals surface area contributed by atoms with Gasteiger partial charge in [-0.2, -0.15) is 11.8 Å². The van der Waals surface area contributed by atoms with Crippen molar-refractivity contribution in [1.82, 2.24) is 4.98 Å². The molecule has 2 aliphatic rings. The molecule has 3 atom stereocenters. The van der Waals surface area contributed by atoms with E-state index in [1.807, 2.05) is 12.3 Å². The van der Waals surface area contributed by atoms with Gasteiger partial charge >= 0.3 is 5.97 Å². The summed E-state index contributed by atoms with van der Waals surface area (Å²) in [5, 5.41) is 20.3. The number of carboxylic acids is 1. The molecule has 0 amide bonds. The van der Waals surface area contributed by atoms with Gasteiger partial charge in [0, 0.05) is 24.1 Å². The summed E-state index contributed by atoms with van der Waals surface area (Å²) < 4.78 is 0. The van der Waals surface area contributed by atoms with E-state index in [1.165, 1.54) is 43.0 Å². The van der Waals surface area contributed by atoms with E-state index in [4.69, 9.17) is 5.73 Å². The Kier molecular flexibility index (Phi) is 5.71. The van der Waals surface area contributed by atoms with E-state index >= 15 is 0 Å².